The molecule has 0 saturated heterocycles. The van der Waals surface area contributed by atoms with E-state index >= 15 is 0 Å². The molecule has 8 heteroatoms. The van der Waals surface area contributed by atoms with Crippen LogP contribution in [-0.2, 0) is 19.6 Å². The lowest BCUT2D eigenvalue weighted by Crippen LogP contribution is -2.31. The summed E-state index contributed by atoms with van der Waals surface area (Å²) in [6, 6.07) is 10.9. The van der Waals surface area contributed by atoms with Crippen LogP contribution in [-0.4, -0.2) is 26.9 Å². The summed E-state index contributed by atoms with van der Waals surface area (Å²) in [6.07, 6.45) is 0. The van der Waals surface area contributed by atoms with Crippen molar-refractivity contribution in [2.45, 2.75) is 31.7 Å². The molecule has 0 fully saturated rings. The Morgan fingerprint density at radius 1 is 1.11 bits per heavy atom. The van der Waals surface area contributed by atoms with Crippen molar-refractivity contribution < 1.29 is 22.7 Å². The number of carbonyl (C=O) groups excluding carboxylic acids is 2. The highest BCUT2D eigenvalue weighted by Crippen LogP contribution is 2.16. The average molecular weight is 390 g/mol. The van der Waals surface area contributed by atoms with Crippen LogP contribution in [0.4, 0.5) is 0 Å². The van der Waals surface area contributed by atoms with E-state index in [1.807, 2.05) is 19.1 Å². The SMILES string of the molecule is Cc1ccc(C)c(C(=O)OCC(=O)N[C@@H](C)c2ccc(S(N)(=O)=O)cc2)c1. The number of carbonyl (C=O) groups is 2. The first kappa shape index (κ1) is 20.6. The van der Waals surface area contributed by atoms with Gasteiger partial charge in [0.2, 0.25) is 10.0 Å². The number of nitrogens with two attached hydrogens (primary N) is 1. The van der Waals surface area contributed by atoms with Gasteiger partial charge in [-0.2, -0.15) is 0 Å². The van der Waals surface area contributed by atoms with Crippen molar-refractivity contribution in [2.24, 2.45) is 5.14 Å². The Labute approximate surface area is 158 Å². The van der Waals surface area contributed by atoms with Crippen LogP contribution in [0, 0.1) is 13.8 Å². The van der Waals surface area contributed by atoms with Gasteiger partial charge in [0.05, 0.1) is 16.5 Å². The van der Waals surface area contributed by atoms with Gasteiger partial charge in [-0.15, -0.1) is 0 Å². The summed E-state index contributed by atoms with van der Waals surface area (Å²) < 4.78 is 27.6. The first-order valence-corrected chi connectivity index (χ1v) is 9.79. The molecule has 7 nitrogen and oxygen atoms in total. The maximum atomic E-state index is 12.1. The fourth-order valence-electron chi connectivity index (χ4n) is 2.48. The second kappa shape index (κ2) is 8.32. The Morgan fingerprint density at radius 2 is 1.74 bits per heavy atom. The van der Waals surface area contributed by atoms with Crippen LogP contribution in [0.1, 0.15) is 40.0 Å². The summed E-state index contributed by atoms with van der Waals surface area (Å²) in [5, 5.41) is 7.74. The summed E-state index contributed by atoms with van der Waals surface area (Å²) in [7, 11) is -3.76. The highest BCUT2D eigenvalue weighted by molar-refractivity contribution is 7.89. The molecule has 0 aromatic heterocycles. The van der Waals surface area contributed by atoms with E-state index in [0.29, 0.717) is 11.1 Å². The molecule has 0 aliphatic heterocycles. The maximum absolute atomic E-state index is 12.1. The van der Waals surface area contributed by atoms with Gasteiger partial charge < -0.3 is 10.1 Å². The van der Waals surface area contributed by atoms with Crippen molar-refractivity contribution in [1.82, 2.24) is 5.32 Å². The lowest BCUT2D eigenvalue weighted by Gasteiger charge is -2.15. The average Bonchev–Trinajstić information content (AvgIpc) is 2.61. The fraction of sp³-hybridized carbons (Fsp3) is 0.263. The second-order valence-electron chi connectivity index (χ2n) is 6.30. The lowest BCUT2D eigenvalue weighted by molar-refractivity contribution is -0.124. The van der Waals surface area contributed by atoms with Gasteiger partial charge in [0.1, 0.15) is 0 Å². The van der Waals surface area contributed by atoms with Crippen LogP contribution in [0.2, 0.25) is 0 Å². The van der Waals surface area contributed by atoms with E-state index in [1.54, 1.807) is 32.0 Å². The number of rotatable bonds is 6. The smallest absolute Gasteiger partial charge is 0.338 e. The number of nitrogens with one attached hydrogen (secondary N) is 1. The van der Waals surface area contributed by atoms with Crippen LogP contribution in [0.25, 0.3) is 0 Å². The van der Waals surface area contributed by atoms with Crippen molar-refractivity contribution in [3.63, 3.8) is 0 Å². The molecular weight excluding hydrogens is 368 g/mol. The van der Waals surface area contributed by atoms with Gasteiger partial charge in [-0.1, -0.05) is 29.8 Å². The number of aryl methyl sites for hydroxylation is 2. The molecule has 0 aliphatic carbocycles. The molecule has 0 heterocycles. The van der Waals surface area contributed by atoms with Gasteiger partial charge >= 0.3 is 5.97 Å². The van der Waals surface area contributed by atoms with E-state index in [0.717, 1.165) is 11.1 Å². The van der Waals surface area contributed by atoms with E-state index in [1.165, 1.54) is 12.1 Å². The summed E-state index contributed by atoms with van der Waals surface area (Å²) in [5.74, 6) is -1.02. The fourth-order valence-corrected chi connectivity index (χ4v) is 2.99. The zero-order valence-electron chi connectivity index (χ0n) is 15.4. The largest absolute Gasteiger partial charge is 0.452 e. The molecule has 1 atom stereocenters. The number of ether oxygens (including phenoxy) is 1. The van der Waals surface area contributed by atoms with Crippen LogP contribution in [0.15, 0.2) is 47.4 Å². The standard InChI is InChI=1S/C19H22N2O5S/c1-12-4-5-13(2)17(10-12)19(23)26-11-18(22)21-14(3)15-6-8-16(9-7-15)27(20,24)25/h4-10,14H,11H2,1-3H3,(H,21,22)(H2,20,24,25)/t14-/m0/s1. The third kappa shape index (κ3) is 5.63. The molecule has 0 unspecified atom stereocenters. The zero-order valence-corrected chi connectivity index (χ0v) is 16.2. The Hall–Kier alpha value is -2.71. The molecule has 0 aliphatic rings. The Balaban J connectivity index is 1.93. The topological polar surface area (TPSA) is 116 Å². The quantitative estimate of drug-likeness (QED) is 0.732. The van der Waals surface area contributed by atoms with E-state index in [9.17, 15) is 18.0 Å². The monoisotopic (exact) mass is 390 g/mol. The van der Waals surface area contributed by atoms with Crippen molar-refractivity contribution in [3.8, 4) is 0 Å². The van der Waals surface area contributed by atoms with Gasteiger partial charge in [0, 0.05) is 0 Å². The summed E-state index contributed by atoms with van der Waals surface area (Å²) in [6.45, 7) is 4.98. The van der Waals surface area contributed by atoms with E-state index in [-0.39, 0.29) is 4.90 Å². The molecule has 144 valence electrons. The minimum Gasteiger partial charge on any atom is -0.452 e. The molecule has 1 amide bonds. The second-order valence-corrected chi connectivity index (χ2v) is 7.86. The van der Waals surface area contributed by atoms with E-state index < -0.39 is 34.5 Å². The molecule has 0 radical (unpaired) electrons. The highest BCUT2D eigenvalue weighted by Gasteiger charge is 2.15. The molecular formula is C19H22N2O5S. The normalized spacial score (nSPS) is 12.3. The third-order valence-corrected chi connectivity index (χ3v) is 4.96. The number of primary sulfonamides is 1. The van der Waals surface area contributed by atoms with Gasteiger partial charge in [0.25, 0.3) is 5.91 Å². The van der Waals surface area contributed by atoms with Crippen molar-refractivity contribution in [3.05, 3.63) is 64.7 Å². The molecule has 0 spiro atoms. The van der Waals surface area contributed by atoms with Gasteiger partial charge in [-0.3, -0.25) is 4.79 Å². The molecule has 3 N–H and O–H groups in total. The van der Waals surface area contributed by atoms with Crippen LogP contribution >= 0.6 is 0 Å². The number of hydrogen-bond donors (Lipinski definition) is 2. The van der Waals surface area contributed by atoms with Crippen molar-refractivity contribution >= 4 is 21.9 Å². The molecule has 0 bridgehead atoms. The predicted octanol–water partition coefficient (Wildman–Crippen LogP) is 1.99. The molecule has 0 saturated carbocycles. The van der Waals surface area contributed by atoms with Crippen LogP contribution < -0.4 is 10.5 Å². The highest BCUT2D eigenvalue weighted by atomic mass is 32.2. The lowest BCUT2D eigenvalue weighted by atomic mass is 10.1. The minimum atomic E-state index is -3.76. The van der Waals surface area contributed by atoms with E-state index in [2.05, 4.69) is 5.32 Å². The first-order valence-electron chi connectivity index (χ1n) is 8.24. The zero-order chi connectivity index (χ0) is 20.2. The van der Waals surface area contributed by atoms with Crippen LogP contribution in [0.3, 0.4) is 0 Å². The number of hydrogen-bond acceptors (Lipinski definition) is 5. The number of sulfonamides is 1. The third-order valence-electron chi connectivity index (χ3n) is 4.03. The number of esters is 1. The molecule has 27 heavy (non-hydrogen) atoms. The number of benzene rings is 2. The molecule has 2 aromatic rings. The predicted molar refractivity (Wildman–Crippen MR) is 101 cm³/mol. The summed E-state index contributed by atoms with van der Waals surface area (Å²) >= 11 is 0. The number of amides is 1. The Bertz CT molecular complexity index is 953. The Kier molecular flexibility index (Phi) is 6.35. The van der Waals surface area contributed by atoms with Crippen molar-refractivity contribution in [2.75, 3.05) is 6.61 Å². The van der Waals surface area contributed by atoms with Crippen molar-refractivity contribution in [1.29, 1.82) is 0 Å². The first-order chi connectivity index (χ1) is 12.6. The van der Waals surface area contributed by atoms with Gasteiger partial charge in [-0.25, -0.2) is 18.4 Å². The Morgan fingerprint density at radius 3 is 2.33 bits per heavy atom. The molecule has 2 aromatic carbocycles. The van der Waals surface area contributed by atoms with Crippen LogP contribution in [0.5, 0.6) is 0 Å². The maximum Gasteiger partial charge on any atom is 0.338 e. The van der Waals surface area contributed by atoms with E-state index in [4.69, 9.17) is 9.88 Å². The summed E-state index contributed by atoms with van der Waals surface area (Å²) in [5.41, 5.74) is 2.81. The van der Waals surface area contributed by atoms with Gasteiger partial charge in [-0.05, 0) is 50.1 Å². The molecule has 2 rings (SSSR count). The van der Waals surface area contributed by atoms with Gasteiger partial charge in [0.15, 0.2) is 6.61 Å². The summed E-state index contributed by atoms with van der Waals surface area (Å²) in [4.78, 5) is 24.2. The minimum absolute atomic E-state index is 0.00719.